The van der Waals surface area contributed by atoms with E-state index in [1.807, 2.05) is 25.1 Å². The molecule has 2 amide bonds. The fourth-order valence-corrected chi connectivity index (χ4v) is 3.07. The molecule has 1 aromatic carbocycles. The largest absolute Gasteiger partial charge is 0.465 e. The number of amides is 2. The summed E-state index contributed by atoms with van der Waals surface area (Å²) < 4.78 is 5.75. The zero-order chi connectivity index (χ0) is 17.6. The minimum Gasteiger partial charge on any atom is -0.465 e. The molecular weight excluding hydrogens is 318 g/mol. The monoisotopic (exact) mass is 341 g/mol. The predicted octanol–water partition coefficient (Wildman–Crippen LogP) is 2.48. The first-order chi connectivity index (χ1) is 12.1. The summed E-state index contributed by atoms with van der Waals surface area (Å²) in [4.78, 5) is 26.4. The zero-order valence-electron chi connectivity index (χ0n) is 14.3. The molecule has 1 aliphatic rings. The van der Waals surface area contributed by atoms with Crippen molar-refractivity contribution in [1.29, 1.82) is 0 Å². The van der Waals surface area contributed by atoms with Gasteiger partial charge in [0.1, 0.15) is 11.5 Å². The van der Waals surface area contributed by atoms with Crippen LogP contribution in [0, 0.1) is 6.92 Å². The molecule has 0 saturated carbocycles. The number of carbonyl (C=O) groups excluding carboxylic acids is 2. The molecule has 25 heavy (non-hydrogen) atoms. The topological polar surface area (TPSA) is 74.6 Å². The van der Waals surface area contributed by atoms with Crippen LogP contribution in [0.2, 0.25) is 0 Å². The van der Waals surface area contributed by atoms with Gasteiger partial charge in [0.15, 0.2) is 0 Å². The summed E-state index contributed by atoms with van der Waals surface area (Å²) in [7, 11) is 0. The smallest absolute Gasteiger partial charge is 0.313 e. The average molecular weight is 341 g/mol. The second-order valence-corrected chi connectivity index (χ2v) is 6.24. The minimum absolute atomic E-state index is 0.0512. The number of nitrogens with one attached hydrogen (secondary N) is 2. The number of rotatable bonds is 5. The summed E-state index contributed by atoms with van der Waals surface area (Å²) in [6, 6.07) is 12.7. The van der Waals surface area contributed by atoms with Gasteiger partial charge in [-0.1, -0.05) is 18.2 Å². The Hall–Kier alpha value is -2.60. The number of likely N-dealkylation sites (tertiary alicyclic amines) is 1. The first-order valence-corrected chi connectivity index (χ1v) is 8.58. The van der Waals surface area contributed by atoms with Crippen molar-refractivity contribution >= 4 is 17.5 Å². The molecule has 3 rings (SSSR count). The van der Waals surface area contributed by atoms with Crippen LogP contribution < -0.4 is 10.6 Å². The van der Waals surface area contributed by atoms with Crippen molar-refractivity contribution in [3.63, 3.8) is 0 Å². The van der Waals surface area contributed by atoms with E-state index in [0.717, 1.165) is 37.5 Å². The first kappa shape index (κ1) is 17.2. The van der Waals surface area contributed by atoms with Crippen molar-refractivity contribution in [3.8, 4) is 0 Å². The molecule has 0 spiro atoms. The van der Waals surface area contributed by atoms with Crippen LogP contribution in [0.1, 0.15) is 30.4 Å². The Balaban J connectivity index is 1.60. The fraction of sp³-hybridized carbons (Fsp3) is 0.368. The van der Waals surface area contributed by atoms with E-state index in [4.69, 9.17) is 4.42 Å². The highest BCUT2D eigenvalue weighted by Crippen LogP contribution is 2.26. The molecule has 2 heterocycles. The van der Waals surface area contributed by atoms with Crippen LogP contribution in [0.25, 0.3) is 0 Å². The van der Waals surface area contributed by atoms with Crippen molar-refractivity contribution < 1.29 is 14.0 Å². The Morgan fingerprint density at radius 1 is 1.08 bits per heavy atom. The van der Waals surface area contributed by atoms with Gasteiger partial charge in [0, 0.05) is 12.2 Å². The summed E-state index contributed by atoms with van der Waals surface area (Å²) >= 11 is 0. The van der Waals surface area contributed by atoms with Crippen LogP contribution in [-0.4, -0.2) is 36.3 Å². The Bertz CT molecular complexity index is 721. The van der Waals surface area contributed by atoms with E-state index in [-0.39, 0.29) is 6.04 Å². The van der Waals surface area contributed by atoms with Gasteiger partial charge < -0.3 is 15.1 Å². The SMILES string of the molecule is Cc1ccc([C@@H](CNC(=O)C(=O)Nc2ccccc2)N2CCCC2)o1. The number of hydrogen-bond donors (Lipinski definition) is 2. The third-order valence-corrected chi connectivity index (χ3v) is 4.36. The average Bonchev–Trinajstić information content (AvgIpc) is 3.28. The van der Waals surface area contributed by atoms with Gasteiger partial charge in [-0.3, -0.25) is 14.5 Å². The number of nitrogens with zero attached hydrogens (tertiary/aromatic N) is 1. The van der Waals surface area contributed by atoms with E-state index < -0.39 is 11.8 Å². The molecule has 6 nitrogen and oxygen atoms in total. The maximum Gasteiger partial charge on any atom is 0.313 e. The van der Waals surface area contributed by atoms with E-state index in [1.165, 1.54) is 0 Å². The quantitative estimate of drug-likeness (QED) is 0.820. The maximum absolute atomic E-state index is 12.1. The molecule has 1 fully saturated rings. The molecule has 132 valence electrons. The lowest BCUT2D eigenvalue weighted by atomic mass is 10.2. The maximum atomic E-state index is 12.1. The highest BCUT2D eigenvalue weighted by molar-refractivity contribution is 6.39. The van der Waals surface area contributed by atoms with Crippen molar-refractivity contribution in [2.24, 2.45) is 0 Å². The molecule has 0 unspecified atom stereocenters. The van der Waals surface area contributed by atoms with Crippen molar-refractivity contribution in [2.45, 2.75) is 25.8 Å². The van der Waals surface area contributed by atoms with E-state index in [1.54, 1.807) is 24.3 Å². The molecule has 2 aromatic rings. The van der Waals surface area contributed by atoms with Crippen LogP contribution in [0.3, 0.4) is 0 Å². The molecule has 0 aliphatic carbocycles. The van der Waals surface area contributed by atoms with Crippen LogP contribution >= 0.6 is 0 Å². The molecule has 1 aliphatic heterocycles. The van der Waals surface area contributed by atoms with Crippen molar-refractivity contribution in [3.05, 3.63) is 54.0 Å². The first-order valence-electron chi connectivity index (χ1n) is 8.58. The molecular formula is C19H23N3O3. The highest BCUT2D eigenvalue weighted by Gasteiger charge is 2.27. The van der Waals surface area contributed by atoms with Crippen LogP contribution in [0.5, 0.6) is 0 Å². The third-order valence-electron chi connectivity index (χ3n) is 4.36. The zero-order valence-corrected chi connectivity index (χ0v) is 14.3. The second kappa shape index (κ2) is 7.98. The number of anilines is 1. The molecule has 0 bridgehead atoms. The molecule has 0 radical (unpaired) electrons. The van der Waals surface area contributed by atoms with Crippen LogP contribution in [0.15, 0.2) is 46.9 Å². The lowest BCUT2D eigenvalue weighted by molar-refractivity contribution is -0.136. The number of hydrogen-bond acceptors (Lipinski definition) is 4. The van der Waals surface area contributed by atoms with Gasteiger partial charge >= 0.3 is 11.8 Å². The van der Waals surface area contributed by atoms with Gasteiger partial charge in [0.2, 0.25) is 0 Å². The summed E-state index contributed by atoms with van der Waals surface area (Å²) in [6.07, 6.45) is 2.28. The van der Waals surface area contributed by atoms with E-state index in [2.05, 4.69) is 15.5 Å². The molecule has 2 N–H and O–H groups in total. The van der Waals surface area contributed by atoms with Gasteiger partial charge in [0.05, 0.1) is 6.04 Å². The van der Waals surface area contributed by atoms with E-state index in [9.17, 15) is 9.59 Å². The van der Waals surface area contributed by atoms with Gasteiger partial charge in [-0.05, 0) is 57.1 Å². The van der Waals surface area contributed by atoms with E-state index in [0.29, 0.717) is 12.2 Å². The lowest BCUT2D eigenvalue weighted by Crippen LogP contribution is -2.41. The van der Waals surface area contributed by atoms with Crippen LogP contribution in [0.4, 0.5) is 5.69 Å². The van der Waals surface area contributed by atoms with Gasteiger partial charge in [-0.25, -0.2) is 0 Å². The number of carbonyl (C=O) groups is 2. The summed E-state index contributed by atoms with van der Waals surface area (Å²) in [5.41, 5.74) is 0.598. The van der Waals surface area contributed by atoms with Gasteiger partial charge in [0.25, 0.3) is 0 Å². The Morgan fingerprint density at radius 2 is 1.80 bits per heavy atom. The summed E-state index contributed by atoms with van der Waals surface area (Å²) in [5, 5.41) is 5.33. The van der Waals surface area contributed by atoms with Crippen LogP contribution in [-0.2, 0) is 9.59 Å². The number of aryl methyl sites for hydroxylation is 1. The summed E-state index contributed by atoms with van der Waals surface area (Å²) in [5.74, 6) is 0.355. The molecule has 6 heteroatoms. The van der Waals surface area contributed by atoms with Gasteiger partial charge in [-0.2, -0.15) is 0 Å². The molecule has 1 aromatic heterocycles. The Morgan fingerprint density at radius 3 is 2.44 bits per heavy atom. The lowest BCUT2D eigenvalue weighted by Gasteiger charge is -2.25. The van der Waals surface area contributed by atoms with Crippen molar-refractivity contribution in [1.82, 2.24) is 10.2 Å². The standard InChI is InChI=1S/C19H23N3O3/c1-14-9-10-17(25-14)16(22-11-5-6-12-22)13-20-18(23)19(24)21-15-7-3-2-4-8-15/h2-4,7-10,16H,5-6,11-13H2,1H3,(H,20,23)(H,21,24)/t16-/m1/s1. The molecule has 1 atom stereocenters. The number of benzene rings is 1. The Labute approximate surface area is 147 Å². The van der Waals surface area contributed by atoms with E-state index >= 15 is 0 Å². The predicted molar refractivity (Wildman–Crippen MR) is 95.1 cm³/mol. The summed E-state index contributed by atoms with van der Waals surface area (Å²) in [6.45, 7) is 4.18. The number of furan rings is 1. The Kier molecular flexibility index (Phi) is 5.50. The number of para-hydroxylation sites is 1. The minimum atomic E-state index is -0.665. The normalized spacial score (nSPS) is 15.7. The highest BCUT2D eigenvalue weighted by atomic mass is 16.3. The van der Waals surface area contributed by atoms with Crippen molar-refractivity contribution in [2.75, 3.05) is 25.0 Å². The second-order valence-electron chi connectivity index (χ2n) is 6.24. The van der Waals surface area contributed by atoms with Gasteiger partial charge in [-0.15, -0.1) is 0 Å². The third kappa shape index (κ3) is 4.48. The molecule has 1 saturated heterocycles. The fourth-order valence-electron chi connectivity index (χ4n) is 3.07.